The Bertz CT molecular complexity index is 200. The third kappa shape index (κ3) is 1.49. The summed E-state index contributed by atoms with van der Waals surface area (Å²) < 4.78 is 9.20. The van der Waals surface area contributed by atoms with Gasteiger partial charge in [-0.25, -0.2) is 4.79 Å². The van der Waals surface area contributed by atoms with Crippen LogP contribution in [0.3, 0.4) is 0 Å². The zero-order valence-electron chi connectivity index (χ0n) is 7.07. The first-order chi connectivity index (χ1) is 5.64. The zero-order chi connectivity index (χ0) is 9.19. The minimum absolute atomic E-state index is 0.635. The van der Waals surface area contributed by atoms with E-state index in [4.69, 9.17) is 4.74 Å². The summed E-state index contributed by atoms with van der Waals surface area (Å²) >= 11 is 0. The van der Waals surface area contributed by atoms with Crippen molar-refractivity contribution in [3.63, 3.8) is 0 Å². The van der Waals surface area contributed by atoms with Crippen LogP contribution in [0.2, 0.25) is 0 Å². The third-order valence-electron chi connectivity index (χ3n) is 1.92. The molecule has 1 saturated carbocycles. The van der Waals surface area contributed by atoms with Crippen LogP contribution < -0.4 is 0 Å². The number of nitrogens with zero attached hydrogens (tertiary/aromatic N) is 1. The fourth-order valence-electron chi connectivity index (χ4n) is 0.927. The molecule has 1 amide bonds. The van der Waals surface area contributed by atoms with Crippen molar-refractivity contribution in [2.75, 3.05) is 14.2 Å². The molecule has 0 saturated heterocycles. The van der Waals surface area contributed by atoms with Gasteiger partial charge in [-0.1, -0.05) is 0 Å². The summed E-state index contributed by atoms with van der Waals surface area (Å²) in [5.74, 6) is 0. The Hall–Kier alpha value is -1.26. The maximum atomic E-state index is 10.7. The molecule has 1 rings (SSSR count). The van der Waals surface area contributed by atoms with Crippen LogP contribution in [0.15, 0.2) is 0 Å². The molecule has 1 aliphatic carbocycles. The van der Waals surface area contributed by atoms with Crippen molar-refractivity contribution >= 4 is 12.6 Å². The Kier molecular flexibility index (Phi) is 2.21. The number of carbonyl (C=O) groups is 2. The lowest BCUT2D eigenvalue weighted by Crippen LogP contribution is -2.37. The lowest BCUT2D eigenvalue weighted by molar-refractivity contribution is -0.129. The second-order valence-corrected chi connectivity index (χ2v) is 2.72. The van der Waals surface area contributed by atoms with Crippen molar-refractivity contribution in [1.82, 2.24) is 4.90 Å². The average molecular weight is 173 g/mol. The van der Waals surface area contributed by atoms with Crippen LogP contribution in [0.4, 0.5) is 4.79 Å². The standard InChI is InChI=1S/C7H11NO4/c1-8(5-9)7(3-4-7)12-6(10)11-2/h5H,3-4H2,1-2H3. The molecule has 5 heteroatoms. The Morgan fingerprint density at radius 2 is 2.17 bits per heavy atom. The number of methoxy groups -OCH3 is 1. The van der Waals surface area contributed by atoms with E-state index in [1.807, 2.05) is 0 Å². The van der Waals surface area contributed by atoms with Crippen LogP contribution in [0.1, 0.15) is 12.8 Å². The highest BCUT2D eigenvalue weighted by atomic mass is 16.7. The Morgan fingerprint density at radius 1 is 1.58 bits per heavy atom. The normalized spacial score (nSPS) is 17.8. The number of rotatable bonds is 3. The van der Waals surface area contributed by atoms with Crippen molar-refractivity contribution in [1.29, 1.82) is 0 Å². The highest BCUT2D eigenvalue weighted by Crippen LogP contribution is 2.41. The summed E-state index contributed by atoms with van der Waals surface area (Å²) in [6.07, 6.45) is 1.24. The van der Waals surface area contributed by atoms with Crippen molar-refractivity contribution < 1.29 is 19.1 Å². The molecule has 0 aromatic heterocycles. The van der Waals surface area contributed by atoms with Gasteiger partial charge in [0.1, 0.15) is 0 Å². The Morgan fingerprint density at radius 3 is 2.50 bits per heavy atom. The highest BCUT2D eigenvalue weighted by Gasteiger charge is 2.51. The molecule has 0 unspecified atom stereocenters. The Balaban J connectivity index is 2.49. The maximum Gasteiger partial charge on any atom is 0.510 e. The van der Waals surface area contributed by atoms with Gasteiger partial charge in [0.05, 0.1) is 7.11 Å². The molecule has 1 fully saturated rings. The highest BCUT2D eigenvalue weighted by molar-refractivity contribution is 5.61. The van der Waals surface area contributed by atoms with Gasteiger partial charge in [-0.2, -0.15) is 0 Å². The summed E-state index contributed by atoms with van der Waals surface area (Å²) in [7, 11) is 2.81. The summed E-state index contributed by atoms with van der Waals surface area (Å²) in [5.41, 5.74) is -0.727. The van der Waals surface area contributed by atoms with Crippen molar-refractivity contribution in [3.05, 3.63) is 0 Å². The molecule has 68 valence electrons. The second kappa shape index (κ2) is 3.00. The van der Waals surface area contributed by atoms with Crippen LogP contribution in [0.25, 0.3) is 0 Å². The molecule has 0 aliphatic heterocycles. The van der Waals surface area contributed by atoms with E-state index in [1.165, 1.54) is 12.0 Å². The number of ether oxygens (including phenoxy) is 2. The van der Waals surface area contributed by atoms with Gasteiger partial charge in [0.15, 0.2) is 5.72 Å². The molecule has 0 spiro atoms. The third-order valence-corrected chi connectivity index (χ3v) is 1.92. The van der Waals surface area contributed by atoms with E-state index in [-0.39, 0.29) is 0 Å². The molecule has 0 aromatic rings. The fourth-order valence-corrected chi connectivity index (χ4v) is 0.927. The second-order valence-electron chi connectivity index (χ2n) is 2.72. The number of hydrogen-bond donors (Lipinski definition) is 0. The number of amides is 1. The monoisotopic (exact) mass is 173 g/mol. The van der Waals surface area contributed by atoms with Gasteiger partial charge in [-0.05, 0) is 0 Å². The van der Waals surface area contributed by atoms with E-state index in [9.17, 15) is 9.59 Å². The van der Waals surface area contributed by atoms with Gasteiger partial charge in [0, 0.05) is 19.9 Å². The van der Waals surface area contributed by atoms with E-state index in [2.05, 4.69) is 4.74 Å². The van der Waals surface area contributed by atoms with Gasteiger partial charge in [-0.3, -0.25) is 4.79 Å². The zero-order valence-corrected chi connectivity index (χ0v) is 7.07. The quantitative estimate of drug-likeness (QED) is 0.351. The first-order valence-electron chi connectivity index (χ1n) is 3.60. The summed E-state index contributed by atoms with van der Waals surface area (Å²) in [5, 5.41) is 0. The molecular formula is C7H11NO4. The molecule has 12 heavy (non-hydrogen) atoms. The van der Waals surface area contributed by atoms with Crippen LogP contribution in [0.5, 0.6) is 0 Å². The lowest BCUT2D eigenvalue weighted by atomic mass is 10.5. The van der Waals surface area contributed by atoms with Crippen molar-refractivity contribution in [2.45, 2.75) is 18.6 Å². The minimum atomic E-state index is -0.749. The first-order valence-corrected chi connectivity index (χ1v) is 3.60. The SMILES string of the molecule is COC(=O)OC1(N(C)C=O)CC1. The molecule has 1 aliphatic rings. The molecule has 0 radical (unpaired) electrons. The predicted molar refractivity (Wildman–Crippen MR) is 39.3 cm³/mol. The lowest BCUT2D eigenvalue weighted by Gasteiger charge is -2.22. The molecule has 0 bridgehead atoms. The first kappa shape index (κ1) is 8.83. The summed E-state index contributed by atoms with van der Waals surface area (Å²) in [6.45, 7) is 0. The topological polar surface area (TPSA) is 55.8 Å². The molecule has 0 aromatic carbocycles. The summed E-state index contributed by atoms with van der Waals surface area (Å²) in [4.78, 5) is 22.4. The maximum absolute atomic E-state index is 10.7. The smallest absolute Gasteiger partial charge is 0.438 e. The van der Waals surface area contributed by atoms with E-state index < -0.39 is 11.9 Å². The largest absolute Gasteiger partial charge is 0.510 e. The van der Waals surface area contributed by atoms with Crippen LogP contribution >= 0.6 is 0 Å². The van der Waals surface area contributed by atoms with E-state index in [0.29, 0.717) is 19.3 Å². The van der Waals surface area contributed by atoms with Gasteiger partial charge in [-0.15, -0.1) is 0 Å². The van der Waals surface area contributed by atoms with Gasteiger partial charge < -0.3 is 14.4 Å². The van der Waals surface area contributed by atoms with Gasteiger partial charge in [0.25, 0.3) is 0 Å². The van der Waals surface area contributed by atoms with Crippen LogP contribution in [-0.4, -0.2) is 37.3 Å². The number of carbonyl (C=O) groups excluding carboxylic acids is 2. The Labute approximate surface area is 70.2 Å². The van der Waals surface area contributed by atoms with Gasteiger partial charge in [0.2, 0.25) is 6.41 Å². The van der Waals surface area contributed by atoms with Crippen LogP contribution in [-0.2, 0) is 14.3 Å². The fraction of sp³-hybridized carbons (Fsp3) is 0.714. The summed E-state index contributed by atoms with van der Waals surface area (Å²) in [6, 6.07) is 0. The predicted octanol–water partition coefficient (Wildman–Crippen LogP) is 0.348. The van der Waals surface area contributed by atoms with E-state index >= 15 is 0 Å². The molecular weight excluding hydrogens is 162 g/mol. The minimum Gasteiger partial charge on any atom is -0.438 e. The number of hydrogen-bond acceptors (Lipinski definition) is 4. The van der Waals surface area contributed by atoms with Crippen LogP contribution in [0, 0.1) is 0 Å². The van der Waals surface area contributed by atoms with Crippen molar-refractivity contribution in [2.24, 2.45) is 0 Å². The van der Waals surface area contributed by atoms with E-state index in [0.717, 1.165) is 0 Å². The molecule has 0 N–H and O–H groups in total. The van der Waals surface area contributed by atoms with E-state index in [1.54, 1.807) is 7.05 Å². The molecule has 0 atom stereocenters. The van der Waals surface area contributed by atoms with Gasteiger partial charge >= 0.3 is 6.16 Å². The van der Waals surface area contributed by atoms with Crippen molar-refractivity contribution in [3.8, 4) is 0 Å². The average Bonchev–Trinajstić information content (AvgIpc) is 2.84. The molecule has 0 heterocycles. The molecule has 5 nitrogen and oxygen atoms in total.